The van der Waals surface area contributed by atoms with E-state index in [1.807, 2.05) is 0 Å². The Hall–Kier alpha value is -1.62. The van der Waals surface area contributed by atoms with Crippen LogP contribution in [0, 0.1) is 5.82 Å². The molecular weight excluding hydrogens is 187 g/mol. The van der Waals surface area contributed by atoms with Crippen molar-refractivity contribution in [3.63, 3.8) is 0 Å². The van der Waals surface area contributed by atoms with Crippen LogP contribution in [0.1, 0.15) is 12.5 Å². The van der Waals surface area contributed by atoms with Gasteiger partial charge in [-0.1, -0.05) is 0 Å². The third-order valence-corrected chi connectivity index (χ3v) is 1.99. The van der Waals surface area contributed by atoms with Crippen molar-refractivity contribution in [1.29, 1.82) is 0 Å². The molecule has 0 aliphatic heterocycles. The number of carboxylic acids is 1. The molecule has 4 nitrogen and oxygen atoms in total. The van der Waals surface area contributed by atoms with Crippen molar-refractivity contribution in [2.75, 3.05) is 5.73 Å². The molecule has 1 aromatic carbocycles. The number of carbonyl (C=O) groups is 1. The minimum Gasteiger partial charge on any atom is -0.480 e. The van der Waals surface area contributed by atoms with Gasteiger partial charge in [0.25, 0.3) is 0 Å². The molecule has 0 spiro atoms. The molecule has 0 aliphatic rings. The lowest BCUT2D eigenvalue weighted by Gasteiger charge is -2.20. The largest absolute Gasteiger partial charge is 0.480 e. The highest BCUT2D eigenvalue weighted by Gasteiger charge is 2.33. The van der Waals surface area contributed by atoms with Crippen molar-refractivity contribution in [3.8, 4) is 0 Å². The number of carboxylic acid groups (broad SMARTS) is 1. The highest BCUT2D eigenvalue weighted by Crippen LogP contribution is 2.23. The average Bonchev–Trinajstić information content (AvgIpc) is 2.08. The lowest BCUT2D eigenvalue weighted by Crippen LogP contribution is -2.42. The quantitative estimate of drug-likeness (QED) is 0.609. The first-order valence-electron chi connectivity index (χ1n) is 3.93. The predicted molar refractivity (Wildman–Crippen MR) is 50.0 cm³/mol. The first-order chi connectivity index (χ1) is 6.35. The summed E-state index contributed by atoms with van der Waals surface area (Å²) in [5, 5.41) is 8.78. The molecule has 5 N–H and O–H groups in total. The lowest BCUT2D eigenvalue weighted by molar-refractivity contribution is -0.143. The van der Waals surface area contributed by atoms with Crippen LogP contribution in [0.25, 0.3) is 0 Å². The Bertz CT molecular complexity index is 377. The van der Waals surface area contributed by atoms with Gasteiger partial charge in [0, 0.05) is 11.3 Å². The summed E-state index contributed by atoms with van der Waals surface area (Å²) < 4.78 is 13.2. The average molecular weight is 198 g/mol. The molecule has 76 valence electrons. The molecule has 0 bridgehead atoms. The van der Waals surface area contributed by atoms with Gasteiger partial charge in [0.2, 0.25) is 0 Å². The SMILES string of the molecule is C[C@](N)(C(=O)O)c1cc(N)ccc1F. The summed E-state index contributed by atoms with van der Waals surface area (Å²) in [6, 6.07) is 3.67. The fraction of sp³-hybridized carbons (Fsp3) is 0.222. The van der Waals surface area contributed by atoms with Gasteiger partial charge < -0.3 is 16.6 Å². The molecular formula is C9H11FN2O2. The maximum absolute atomic E-state index is 13.2. The van der Waals surface area contributed by atoms with E-state index < -0.39 is 17.3 Å². The van der Waals surface area contributed by atoms with Crippen molar-refractivity contribution in [1.82, 2.24) is 0 Å². The van der Waals surface area contributed by atoms with Crippen molar-refractivity contribution in [2.24, 2.45) is 5.73 Å². The molecule has 0 saturated carbocycles. The summed E-state index contributed by atoms with van der Waals surface area (Å²) in [5.74, 6) is -1.98. The van der Waals surface area contributed by atoms with Gasteiger partial charge >= 0.3 is 5.97 Å². The number of anilines is 1. The molecule has 0 aromatic heterocycles. The Balaban J connectivity index is 3.31. The normalized spacial score (nSPS) is 14.8. The van der Waals surface area contributed by atoms with Crippen molar-refractivity contribution in [3.05, 3.63) is 29.6 Å². The fourth-order valence-electron chi connectivity index (χ4n) is 1.06. The monoisotopic (exact) mass is 198 g/mol. The zero-order valence-electron chi connectivity index (χ0n) is 7.62. The van der Waals surface area contributed by atoms with Gasteiger partial charge in [-0.05, 0) is 25.1 Å². The molecule has 1 aromatic rings. The van der Waals surface area contributed by atoms with Gasteiger partial charge in [-0.3, -0.25) is 0 Å². The van der Waals surface area contributed by atoms with Gasteiger partial charge in [-0.2, -0.15) is 0 Å². The van der Waals surface area contributed by atoms with E-state index in [2.05, 4.69) is 0 Å². The number of hydrogen-bond donors (Lipinski definition) is 3. The van der Waals surface area contributed by atoms with Gasteiger partial charge in [0.05, 0.1) is 0 Å². The number of benzene rings is 1. The van der Waals surface area contributed by atoms with E-state index in [-0.39, 0.29) is 11.3 Å². The van der Waals surface area contributed by atoms with Crippen molar-refractivity contribution in [2.45, 2.75) is 12.5 Å². The molecule has 1 rings (SSSR count). The smallest absolute Gasteiger partial charge is 0.328 e. The molecule has 0 aliphatic carbocycles. The number of halogens is 1. The standard InChI is InChI=1S/C9H11FN2O2/c1-9(12,8(13)14)6-4-5(11)2-3-7(6)10/h2-4H,11-12H2,1H3,(H,13,14)/t9-/m1/s1. The molecule has 0 amide bonds. The third-order valence-electron chi connectivity index (χ3n) is 1.99. The van der Waals surface area contributed by atoms with E-state index >= 15 is 0 Å². The summed E-state index contributed by atoms with van der Waals surface area (Å²) in [4.78, 5) is 10.8. The van der Waals surface area contributed by atoms with Crippen molar-refractivity contribution < 1.29 is 14.3 Å². The minimum absolute atomic E-state index is 0.120. The summed E-state index contributed by atoms with van der Waals surface area (Å²) >= 11 is 0. The molecule has 14 heavy (non-hydrogen) atoms. The summed E-state index contributed by atoms with van der Waals surface area (Å²) in [5.41, 5.74) is 9.26. The second-order valence-corrected chi connectivity index (χ2v) is 3.25. The second kappa shape index (κ2) is 3.26. The van der Waals surface area contributed by atoms with Gasteiger partial charge in [-0.15, -0.1) is 0 Å². The summed E-state index contributed by atoms with van der Waals surface area (Å²) in [6.45, 7) is 1.22. The highest BCUT2D eigenvalue weighted by atomic mass is 19.1. The first kappa shape index (κ1) is 10.5. The maximum Gasteiger partial charge on any atom is 0.328 e. The Kier molecular flexibility index (Phi) is 2.44. The molecule has 0 saturated heterocycles. The third kappa shape index (κ3) is 1.67. The topological polar surface area (TPSA) is 89.3 Å². The van der Waals surface area contributed by atoms with E-state index in [1.54, 1.807) is 0 Å². The Morgan fingerprint density at radius 3 is 2.64 bits per heavy atom. The highest BCUT2D eigenvalue weighted by molar-refractivity contribution is 5.80. The number of hydrogen-bond acceptors (Lipinski definition) is 3. The van der Waals surface area contributed by atoms with Crippen LogP contribution < -0.4 is 11.5 Å². The summed E-state index contributed by atoms with van der Waals surface area (Å²) in [7, 11) is 0. The Morgan fingerprint density at radius 1 is 1.57 bits per heavy atom. The van der Waals surface area contributed by atoms with E-state index in [4.69, 9.17) is 16.6 Å². The van der Waals surface area contributed by atoms with Gasteiger partial charge in [0.1, 0.15) is 11.4 Å². The Morgan fingerprint density at radius 2 is 2.14 bits per heavy atom. The lowest BCUT2D eigenvalue weighted by atomic mass is 9.92. The van der Waals surface area contributed by atoms with Crippen LogP contribution in [-0.4, -0.2) is 11.1 Å². The van der Waals surface area contributed by atoms with Crippen LogP contribution >= 0.6 is 0 Å². The van der Waals surface area contributed by atoms with Crippen molar-refractivity contribution >= 4 is 11.7 Å². The van der Waals surface area contributed by atoms with Gasteiger partial charge in [0.15, 0.2) is 0 Å². The van der Waals surface area contributed by atoms with Crippen LogP contribution in [0.4, 0.5) is 10.1 Å². The number of aliphatic carboxylic acids is 1. The molecule has 0 unspecified atom stereocenters. The fourth-order valence-corrected chi connectivity index (χ4v) is 1.06. The molecule has 0 fully saturated rings. The Labute approximate surface area is 80.3 Å². The zero-order valence-corrected chi connectivity index (χ0v) is 7.62. The molecule has 0 heterocycles. The maximum atomic E-state index is 13.2. The van der Waals surface area contributed by atoms with E-state index in [9.17, 15) is 9.18 Å². The number of nitrogen functional groups attached to an aromatic ring is 1. The van der Waals surface area contributed by atoms with Crippen LogP contribution in [0.3, 0.4) is 0 Å². The zero-order chi connectivity index (χ0) is 10.9. The van der Waals surface area contributed by atoms with E-state index in [1.165, 1.54) is 19.1 Å². The first-order valence-corrected chi connectivity index (χ1v) is 3.93. The van der Waals surface area contributed by atoms with Crippen LogP contribution in [-0.2, 0) is 10.3 Å². The predicted octanol–water partition coefficient (Wildman–Crippen LogP) is 0.666. The molecule has 5 heteroatoms. The summed E-state index contributed by atoms with van der Waals surface area (Å²) in [6.07, 6.45) is 0. The second-order valence-electron chi connectivity index (χ2n) is 3.25. The molecule has 0 radical (unpaired) electrons. The van der Waals surface area contributed by atoms with Crippen LogP contribution in [0.15, 0.2) is 18.2 Å². The van der Waals surface area contributed by atoms with Crippen LogP contribution in [0.2, 0.25) is 0 Å². The van der Waals surface area contributed by atoms with Crippen LogP contribution in [0.5, 0.6) is 0 Å². The molecule has 1 atom stereocenters. The number of nitrogens with two attached hydrogens (primary N) is 2. The van der Waals surface area contributed by atoms with E-state index in [0.29, 0.717) is 0 Å². The minimum atomic E-state index is -1.76. The number of rotatable bonds is 2. The van der Waals surface area contributed by atoms with E-state index in [0.717, 1.165) is 6.07 Å². The van der Waals surface area contributed by atoms with Gasteiger partial charge in [-0.25, -0.2) is 9.18 Å².